The minimum Gasteiger partial charge on any atom is -0.450 e. The van der Waals surface area contributed by atoms with Crippen LogP contribution in [0.25, 0.3) is 0 Å². The van der Waals surface area contributed by atoms with Crippen LogP contribution in [0.1, 0.15) is 37.7 Å². The molecular weight excluding hydrogens is 405 g/mol. The molecule has 0 radical (unpaired) electrons. The molecule has 32 heavy (non-hydrogen) atoms. The number of hydrogen-bond acceptors (Lipinski definition) is 4. The van der Waals surface area contributed by atoms with Crippen LogP contribution in [0.4, 0.5) is 14.9 Å². The molecule has 0 atom stereocenters. The third-order valence-corrected chi connectivity index (χ3v) is 6.72. The van der Waals surface area contributed by atoms with Crippen molar-refractivity contribution in [3.05, 3.63) is 66.0 Å². The molecule has 1 amide bonds. The predicted molar refractivity (Wildman–Crippen MR) is 125 cm³/mol. The summed E-state index contributed by atoms with van der Waals surface area (Å²) in [6.07, 6.45) is 4.71. The zero-order valence-electron chi connectivity index (χ0n) is 18.7. The highest BCUT2D eigenvalue weighted by Gasteiger charge is 2.22. The van der Waals surface area contributed by atoms with E-state index in [1.807, 2.05) is 12.1 Å². The Labute approximate surface area is 190 Å². The fourth-order valence-corrected chi connectivity index (χ4v) is 4.74. The molecule has 2 aromatic carbocycles. The number of carbonyl (C=O) groups is 1. The van der Waals surface area contributed by atoms with Crippen LogP contribution in [0.5, 0.6) is 0 Å². The van der Waals surface area contributed by atoms with Crippen molar-refractivity contribution in [3.63, 3.8) is 0 Å². The lowest BCUT2D eigenvalue weighted by molar-refractivity contribution is 0.117. The second-order valence-corrected chi connectivity index (χ2v) is 9.01. The molecule has 4 rings (SSSR count). The van der Waals surface area contributed by atoms with E-state index in [0.29, 0.717) is 12.5 Å². The van der Waals surface area contributed by atoms with E-state index in [9.17, 15) is 9.18 Å². The van der Waals surface area contributed by atoms with Gasteiger partial charge in [0.15, 0.2) is 0 Å². The molecule has 1 N–H and O–H groups in total. The van der Waals surface area contributed by atoms with Crippen molar-refractivity contribution in [1.29, 1.82) is 0 Å². The lowest BCUT2D eigenvalue weighted by atomic mass is 9.93. The van der Waals surface area contributed by atoms with Crippen molar-refractivity contribution in [1.82, 2.24) is 10.2 Å². The van der Waals surface area contributed by atoms with Gasteiger partial charge >= 0.3 is 6.09 Å². The van der Waals surface area contributed by atoms with E-state index in [-0.39, 0.29) is 18.0 Å². The number of carbonyl (C=O) groups excluding carboxylic acids is 1. The normalized spacial score (nSPS) is 18.5. The van der Waals surface area contributed by atoms with E-state index in [4.69, 9.17) is 4.74 Å². The van der Waals surface area contributed by atoms with Crippen LogP contribution in [0.3, 0.4) is 0 Å². The lowest BCUT2D eigenvalue weighted by Gasteiger charge is -2.34. The molecule has 2 heterocycles. The molecule has 0 unspecified atom stereocenters. The van der Waals surface area contributed by atoms with Crippen LogP contribution in [0.2, 0.25) is 0 Å². The number of likely N-dealkylation sites (tertiary alicyclic amines) is 1. The molecule has 0 saturated carbocycles. The summed E-state index contributed by atoms with van der Waals surface area (Å²) in [6, 6.07) is 17.4. The summed E-state index contributed by atoms with van der Waals surface area (Å²) in [7, 11) is 0. The number of amides is 1. The Bertz CT molecular complexity index is 830. The number of nitrogens with one attached hydrogen (secondary N) is 1. The number of benzene rings is 2. The smallest absolute Gasteiger partial charge is 0.407 e. The van der Waals surface area contributed by atoms with Crippen LogP contribution in [0, 0.1) is 11.7 Å². The number of anilines is 1. The Balaban J connectivity index is 1.08. The first-order chi connectivity index (χ1) is 15.7. The summed E-state index contributed by atoms with van der Waals surface area (Å²) in [5.74, 6) is 0.416. The molecule has 0 aromatic heterocycles. The number of piperidine rings is 2. The zero-order valence-corrected chi connectivity index (χ0v) is 18.7. The molecule has 0 spiro atoms. The molecule has 6 heteroatoms. The number of hydrogen-bond donors (Lipinski definition) is 1. The summed E-state index contributed by atoms with van der Waals surface area (Å²) in [5, 5.41) is 3.02. The van der Waals surface area contributed by atoms with Gasteiger partial charge < -0.3 is 15.0 Å². The van der Waals surface area contributed by atoms with Gasteiger partial charge in [-0.15, -0.1) is 0 Å². The highest BCUT2D eigenvalue weighted by molar-refractivity contribution is 5.67. The van der Waals surface area contributed by atoms with Gasteiger partial charge in [0.2, 0.25) is 0 Å². The average molecular weight is 440 g/mol. The maximum atomic E-state index is 13.1. The highest BCUT2D eigenvalue weighted by atomic mass is 19.1. The molecule has 2 fully saturated rings. The van der Waals surface area contributed by atoms with Crippen LogP contribution in [-0.4, -0.2) is 49.8 Å². The SMILES string of the molecule is O=C(NC1CCN(c2ccc(F)cc2)CC1)OCCC1CCN(Cc2ccccc2)CC1. The van der Waals surface area contributed by atoms with E-state index in [1.54, 1.807) is 0 Å². The lowest BCUT2D eigenvalue weighted by Crippen LogP contribution is -2.45. The zero-order chi connectivity index (χ0) is 22.2. The summed E-state index contributed by atoms with van der Waals surface area (Å²) < 4.78 is 18.6. The maximum absolute atomic E-state index is 13.1. The summed E-state index contributed by atoms with van der Waals surface area (Å²) in [5.41, 5.74) is 2.40. The third kappa shape index (κ3) is 6.70. The summed E-state index contributed by atoms with van der Waals surface area (Å²) >= 11 is 0. The Hall–Kier alpha value is -2.60. The van der Waals surface area contributed by atoms with Crippen LogP contribution in [0.15, 0.2) is 54.6 Å². The molecule has 5 nitrogen and oxygen atoms in total. The number of nitrogens with zero attached hydrogens (tertiary/aromatic N) is 2. The monoisotopic (exact) mass is 439 g/mol. The van der Waals surface area contributed by atoms with Gasteiger partial charge in [-0.1, -0.05) is 30.3 Å². The van der Waals surface area contributed by atoms with E-state index in [1.165, 1.54) is 30.5 Å². The van der Waals surface area contributed by atoms with E-state index >= 15 is 0 Å². The predicted octanol–water partition coefficient (Wildman–Crippen LogP) is 4.82. The largest absolute Gasteiger partial charge is 0.450 e. The van der Waals surface area contributed by atoms with Gasteiger partial charge in [-0.05, 0) is 80.9 Å². The van der Waals surface area contributed by atoms with Gasteiger partial charge in [-0.25, -0.2) is 9.18 Å². The molecule has 2 aliphatic heterocycles. The Kier molecular flexibility index (Phi) is 7.99. The second-order valence-electron chi connectivity index (χ2n) is 9.01. The standard InChI is InChI=1S/C26H34FN3O2/c27-23-6-8-25(9-7-23)30-17-12-24(13-18-30)28-26(31)32-19-14-21-10-15-29(16-11-21)20-22-4-2-1-3-5-22/h1-9,21,24H,10-20H2,(H,28,31). The van der Waals surface area contributed by atoms with Gasteiger partial charge in [0.25, 0.3) is 0 Å². The fraction of sp³-hybridized carbons (Fsp3) is 0.500. The van der Waals surface area contributed by atoms with Gasteiger partial charge in [-0.3, -0.25) is 4.90 Å². The van der Waals surface area contributed by atoms with Gasteiger partial charge in [0.1, 0.15) is 5.82 Å². The Morgan fingerprint density at radius 3 is 2.31 bits per heavy atom. The van der Waals surface area contributed by atoms with Crippen molar-refractivity contribution in [2.24, 2.45) is 5.92 Å². The topological polar surface area (TPSA) is 44.8 Å². The molecular formula is C26H34FN3O2. The van der Waals surface area contributed by atoms with Crippen molar-refractivity contribution in [3.8, 4) is 0 Å². The van der Waals surface area contributed by atoms with Gasteiger partial charge in [0.05, 0.1) is 6.61 Å². The first-order valence-electron chi connectivity index (χ1n) is 11.9. The van der Waals surface area contributed by atoms with Crippen molar-refractivity contribution in [2.75, 3.05) is 37.7 Å². The minimum atomic E-state index is -0.299. The first kappa shape index (κ1) is 22.6. The average Bonchev–Trinajstić information content (AvgIpc) is 2.82. The van der Waals surface area contributed by atoms with Crippen molar-refractivity contribution >= 4 is 11.8 Å². The van der Waals surface area contributed by atoms with Crippen LogP contribution < -0.4 is 10.2 Å². The highest BCUT2D eigenvalue weighted by Crippen LogP contribution is 2.22. The number of rotatable bonds is 7. The van der Waals surface area contributed by atoms with Crippen molar-refractivity contribution < 1.29 is 13.9 Å². The molecule has 0 aliphatic carbocycles. The third-order valence-electron chi connectivity index (χ3n) is 6.72. The van der Waals surface area contributed by atoms with Crippen LogP contribution >= 0.6 is 0 Å². The Morgan fingerprint density at radius 2 is 1.62 bits per heavy atom. The minimum absolute atomic E-state index is 0.139. The van der Waals surface area contributed by atoms with E-state index in [0.717, 1.165) is 57.7 Å². The number of ether oxygens (including phenoxy) is 1. The summed E-state index contributed by atoms with van der Waals surface area (Å²) in [6.45, 7) is 5.42. The van der Waals surface area contributed by atoms with E-state index < -0.39 is 0 Å². The number of halogens is 1. The molecule has 172 valence electrons. The molecule has 2 saturated heterocycles. The van der Waals surface area contributed by atoms with Crippen molar-refractivity contribution in [2.45, 2.75) is 44.7 Å². The Morgan fingerprint density at radius 1 is 0.938 bits per heavy atom. The van der Waals surface area contributed by atoms with Crippen LogP contribution in [-0.2, 0) is 11.3 Å². The number of alkyl carbamates (subject to hydrolysis) is 1. The molecule has 2 aliphatic rings. The molecule has 0 bridgehead atoms. The van der Waals surface area contributed by atoms with Gasteiger partial charge in [0, 0.05) is 31.4 Å². The first-order valence-corrected chi connectivity index (χ1v) is 11.9. The summed E-state index contributed by atoms with van der Waals surface area (Å²) in [4.78, 5) is 16.9. The van der Waals surface area contributed by atoms with E-state index in [2.05, 4.69) is 45.4 Å². The fourth-order valence-electron chi connectivity index (χ4n) is 4.74. The quantitative estimate of drug-likeness (QED) is 0.672. The maximum Gasteiger partial charge on any atom is 0.407 e. The molecule has 2 aromatic rings. The second kappa shape index (κ2) is 11.3. The van der Waals surface area contributed by atoms with Gasteiger partial charge in [-0.2, -0.15) is 0 Å².